The number of amides is 2. The predicted molar refractivity (Wildman–Crippen MR) is 158 cm³/mol. The van der Waals surface area contributed by atoms with Crippen LogP contribution in [0.15, 0.2) is 79.0 Å². The van der Waals surface area contributed by atoms with Crippen molar-refractivity contribution >= 4 is 53.8 Å². The van der Waals surface area contributed by atoms with Crippen LogP contribution in [0.1, 0.15) is 5.56 Å². The van der Waals surface area contributed by atoms with Crippen LogP contribution in [-0.4, -0.2) is 42.7 Å². The van der Waals surface area contributed by atoms with Gasteiger partial charge in [0.05, 0.1) is 19.9 Å². The molecule has 0 aliphatic rings. The normalized spacial score (nSPS) is 10.7. The number of halogens is 1. The van der Waals surface area contributed by atoms with Gasteiger partial charge in [-0.1, -0.05) is 41.9 Å². The fourth-order valence-electron chi connectivity index (χ4n) is 4.13. The van der Waals surface area contributed by atoms with Gasteiger partial charge in [-0.05, 0) is 29.2 Å². The van der Waals surface area contributed by atoms with E-state index in [0.717, 1.165) is 33.7 Å². The maximum Gasteiger partial charge on any atom is 0.323 e. The highest BCUT2D eigenvalue weighted by atomic mass is 35.5. The first-order valence-corrected chi connectivity index (χ1v) is 12.6. The number of benzene rings is 3. The Bertz CT molecular complexity index is 1640. The lowest BCUT2D eigenvalue weighted by molar-refractivity contribution is 0.262. The Labute approximate surface area is 231 Å². The van der Waals surface area contributed by atoms with E-state index < -0.39 is 0 Å². The molecule has 11 heteroatoms. The number of rotatable bonds is 8. The third-order valence-electron chi connectivity index (χ3n) is 6.07. The molecule has 0 unspecified atom stereocenters. The summed E-state index contributed by atoms with van der Waals surface area (Å²) in [5.41, 5.74) is 5.45. The van der Waals surface area contributed by atoms with Crippen molar-refractivity contribution in [1.29, 1.82) is 0 Å². The molecule has 196 valence electrons. The molecule has 0 aliphatic heterocycles. The summed E-state index contributed by atoms with van der Waals surface area (Å²) < 4.78 is 12.3. The molecule has 39 heavy (non-hydrogen) atoms. The van der Waals surface area contributed by atoms with Crippen molar-refractivity contribution in [2.45, 2.75) is 6.54 Å². The number of nitrogens with one attached hydrogen (secondary N) is 3. The molecule has 2 amide bonds. The van der Waals surface area contributed by atoms with Gasteiger partial charge in [0.25, 0.3) is 0 Å². The molecule has 2 aromatic heterocycles. The van der Waals surface area contributed by atoms with Crippen molar-refractivity contribution in [3.8, 4) is 22.8 Å². The van der Waals surface area contributed by atoms with Gasteiger partial charge in [0.1, 0.15) is 25.2 Å². The molecule has 0 radical (unpaired) electrons. The standard InChI is InChI=1S/C28H26BClN6O3/c1-38-20-11-19(12-21(13-20)39-2)34-28(37)33-18-7-5-6-17(10-18)15-31-26-14-25(22-8-3-4-9-24(22)30)35-27-23(29)16-32-36(26)27/h3-14,16,31H,15,29H2,1-2H3,(H2,33,34,37). The molecule has 0 saturated carbocycles. The monoisotopic (exact) mass is 540 g/mol. The van der Waals surface area contributed by atoms with E-state index in [0.29, 0.717) is 34.4 Å². The lowest BCUT2D eigenvalue weighted by Gasteiger charge is -2.13. The quantitative estimate of drug-likeness (QED) is 0.249. The lowest BCUT2D eigenvalue weighted by atomic mass is 10.0. The van der Waals surface area contributed by atoms with Crippen LogP contribution in [-0.2, 0) is 6.54 Å². The topological polar surface area (TPSA) is 102 Å². The lowest BCUT2D eigenvalue weighted by Crippen LogP contribution is -2.19. The van der Waals surface area contributed by atoms with Crippen molar-refractivity contribution in [3.05, 3.63) is 89.6 Å². The average Bonchev–Trinajstić information content (AvgIpc) is 3.32. The SMILES string of the molecule is Bc1cnn2c(NCc3cccc(NC(=O)Nc4cc(OC)cc(OC)c4)c3)cc(-c3ccccc3Cl)nc12. The number of hydrogen-bond acceptors (Lipinski definition) is 6. The van der Waals surface area contributed by atoms with Crippen molar-refractivity contribution in [1.82, 2.24) is 14.6 Å². The Balaban J connectivity index is 1.32. The first-order chi connectivity index (χ1) is 18.9. The summed E-state index contributed by atoms with van der Waals surface area (Å²) in [6.45, 7) is 0.490. The van der Waals surface area contributed by atoms with Crippen LogP contribution in [0.4, 0.5) is 22.0 Å². The predicted octanol–water partition coefficient (Wildman–Crippen LogP) is 4.58. The molecule has 0 bridgehead atoms. The second kappa shape index (κ2) is 11.4. The van der Waals surface area contributed by atoms with Gasteiger partial charge in [-0.3, -0.25) is 0 Å². The van der Waals surface area contributed by atoms with Crippen molar-refractivity contribution in [3.63, 3.8) is 0 Å². The van der Waals surface area contributed by atoms with E-state index in [1.165, 1.54) is 0 Å². The van der Waals surface area contributed by atoms with Gasteiger partial charge >= 0.3 is 6.03 Å². The molecule has 0 saturated heterocycles. The number of fused-ring (bicyclic) bond motifs is 1. The van der Waals surface area contributed by atoms with Crippen LogP contribution in [0.25, 0.3) is 16.9 Å². The molecule has 9 nitrogen and oxygen atoms in total. The summed E-state index contributed by atoms with van der Waals surface area (Å²) in [5, 5.41) is 14.2. The van der Waals surface area contributed by atoms with Crippen LogP contribution < -0.4 is 30.9 Å². The summed E-state index contributed by atoms with van der Waals surface area (Å²) in [4.78, 5) is 17.5. The minimum Gasteiger partial charge on any atom is -0.497 e. The molecule has 3 N–H and O–H groups in total. The zero-order chi connectivity index (χ0) is 27.4. The second-order valence-corrected chi connectivity index (χ2v) is 9.21. The Hall–Kier alpha value is -4.70. The minimum atomic E-state index is -0.386. The molecular weight excluding hydrogens is 515 g/mol. The molecule has 0 aliphatic carbocycles. The van der Waals surface area contributed by atoms with E-state index >= 15 is 0 Å². The molecule has 0 fully saturated rings. The molecular formula is C28H26BClN6O3. The van der Waals surface area contributed by atoms with Gasteiger partial charge < -0.3 is 25.4 Å². The summed E-state index contributed by atoms with van der Waals surface area (Å²) in [6.07, 6.45) is 1.78. The Morgan fingerprint density at radius 2 is 1.69 bits per heavy atom. The van der Waals surface area contributed by atoms with E-state index in [2.05, 4.69) is 21.0 Å². The number of carbonyl (C=O) groups is 1. The molecule has 3 aromatic carbocycles. The number of hydrogen-bond donors (Lipinski definition) is 3. The number of aromatic nitrogens is 3. The highest BCUT2D eigenvalue weighted by Crippen LogP contribution is 2.29. The summed E-state index contributed by atoms with van der Waals surface area (Å²) in [6, 6.07) is 21.9. The summed E-state index contributed by atoms with van der Waals surface area (Å²) >= 11 is 6.45. The number of ether oxygens (including phenoxy) is 2. The van der Waals surface area contributed by atoms with Gasteiger partial charge in [-0.25, -0.2) is 9.78 Å². The van der Waals surface area contributed by atoms with Crippen LogP contribution >= 0.6 is 11.6 Å². The smallest absolute Gasteiger partial charge is 0.323 e. The van der Waals surface area contributed by atoms with E-state index in [1.807, 2.05) is 62.4 Å². The van der Waals surface area contributed by atoms with Crippen molar-refractivity contribution in [2.75, 3.05) is 30.2 Å². The first kappa shape index (κ1) is 25.9. The number of carbonyl (C=O) groups excluding carboxylic acids is 1. The number of anilines is 3. The third kappa shape index (κ3) is 5.91. The van der Waals surface area contributed by atoms with Crippen LogP contribution in [0, 0.1) is 0 Å². The van der Waals surface area contributed by atoms with Gasteiger partial charge in [0.15, 0.2) is 5.65 Å². The van der Waals surface area contributed by atoms with Crippen LogP contribution in [0.5, 0.6) is 11.5 Å². The molecule has 5 aromatic rings. The van der Waals surface area contributed by atoms with Crippen LogP contribution in [0.2, 0.25) is 5.02 Å². The van der Waals surface area contributed by atoms with Gasteiger partial charge in [0, 0.05) is 59.0 Å². The molecule has 0 atom stereocenters. The molecule has 0 spiro atoms. The van der Waals surface area contributed by atoms with E-state index in [-0.39, 0.29) is 6.03 Å². The van der Waals surface area contributed by atoms with Gasteiger partial charge in [0.2, 0.25) is 0 Å². The zero-order valence-electron chi connectivity index (χ0n) is 21.7. The number of methoxy groups -OCH3 is 2. The highest BCUT2D eigenvalue weighted by molar-refractivity contribution is 6.36. The molecule has 5 rings (SSSR count). The van der Waals surface area contributed by atoms with Crippen molar-refractivity contribution in [2.24, 2.45) is 0 Å². The summed E-state index contributed by atoms with van der Waals surface area (Å²) in [7, 11) is 5.08. The Kier molecular flexibility index (Phi) is 7.56. The maximum atomic E-state index is 12.7. The van der Waals surface area contributed by atoms with Gasteiger partial charge in [-0.2, -0.15) is 9.61 Å². The second-order valence-electron chi connectivity index (χ2n) is 8.80. The van der Waals surface area contributed by atoms with Crippen LogP contribution in [0.3, 0.4) is 0 Å². The van der Waals surface area contributed by atoms with Crippen molar-refractivity contribution < 1.29 is 14.3 Å². The first-order valence-electron chi connectivity index (χ1n) is 12.2. The average molecular weight is 541 g/mol. The number of nitrogens with zero attached hydrogens (tertiary/aromatic N) is 3. The third-order valence-corrected chi connectivity index (χ3v) is 6.40. The van der Waals surface area contributed by atoms with Gasteiger partial charge in [-0.15, -0.1) is 0 Å². The fourth-order valence-corrected chi connectivity index (χ4v) is 4.36. The zero-order valence-corrected chi connectivity index (χ0v) is 22.4. The largest absolute Gasteiger partial charge is 0.497 e. The summed E-state index contributed by atoms with van der Waals surface area (Å²) in [5.74, 6) is 1.92. The Morgan fingerprint density at radius 3 is 2.44 bits per heavy atom. The van der Waals surface area contributed by atoms with E-state index in [9.17, 15) is 4.79 Å². The highest BCUT2D eigenvalue weighted by Gasteiger charge is 2.13. The Morgan fingerprint density at radius 1 is 0.949 bits per heavy atom. The van der Waals surface area contributed by atoms with E-state index in [4.69, 9.17) is 26.1 Å². The molecule has 2 heterocycles. The maximum absolute atomic E-state index is 12.7. The minimum absolute atomic E-state index is 0.386. The fraction of sp³-hybridized carbons (Fsp3) is 0.107. The number of urea groups is 1. The van der Waals surface area contributed by atoms with E-state index in [1.54, 1.807) is 43.1 Å².